The molecule has 0 aliphatic carbocycles. The Labute approximate surface area is 179 Å². The van der Waals surface area contributed by atoms with Gasteiger partial charge in [0.25, 0.3) is 15.9 Å². The van der Waals surface area contributed by atoms with Crippen LogP contribution in [0.5, 0.6) is 0 Å². The fourth-order valence-electron chi connectivity index (χ4n) is 2.71. The molecule has 3 rings (SSSR count). The maximum atomic E-state index is 12.9. The molecule has 160 valence electrons. The number of para-hydroxylation sites is 1. The molecule has 0 aliphatic rings. The molecule has 0 aromatic heterocycles. The van der Waals surface area contributed by atoms with Crippen LogP contribution in [0.4, 0.5) is 10.1 Å². The molecule has 0 radical (unpaired) electrons. The molecule has 0 saturated heterocycles. The van der Waals surface area contributed by atoms with Crippen LogP contribution >= 0.6 is 0 Å². The van der Waals surface area contributed by atoms with Gasteiger partial charge in [0.2, 0.25) is 5.91 Å². The van der Waals surface area contributed by atoms with E-state index in [-0.39, 0.29) is 16.9 Å². The molecule has 9 heteroatoms. The van der Waals surface area contributed by atoms with Crippen LogP contribution in [0.25, 0.3) is 0 Å². The lowest BCUT2D eigenvalue weighted by Crippen LogP contribution is -2.42. The lowest BCUT2D eigenvalue weighted by Gasteiger charge is -2.11. The number of anilines is 1. The molecule has 0 spiro atoms. The highest BCUT2D eigenvalue weighted by atomic mass is 32.2. The average molecular weight is 441 g/mol. The van der Waals surface area contributed by atoms with Gasteiger partial charge in [-0.2, -0.15) is 0 Å². The number of halogens is 1. The zero-order valence-corrected chi connectivity index (χ0v) is 17.4. The van der Waals surface area contributed by atoms with Gasteiger partial charge in [-0.15, -0.1) is 0 Å². The summed E-state index contributed by atoms with van der Waals surface area (Å²) in [6.45, 7) is 1.79. The van der Waals surface area contributed by atoms with Crippen LogP contribution in [0.15, 0.2) is 77.7 Å². The first-order valence-electron chi connectivity index (χ1n) is 9.27. The van der Waals surface area contributed by atoms with E-state index in [1.54, 1.807) is 31.2 Å². The zero-order valence-electron chi connectivity index (χ0n) is 16.6. The number of hydrogen-bond donors (Lipinski definition) is 3. The molecule has 0 heterocycles. The molecular formula is C22H20FN3O4S. The van der Waals surface area contributed by atoms with Crippen molar-refractivity contribution in [1.29, 1.82) is 0 Å². The van der Waals surface area contributed by atoms with Crippen molar-refractivity contribution in [2.24, 2.45) is 0 Å². The van der Waals surface area contributed by atoms with Gasteiger partial charge in [0.05, 0.1) is 17.0 Å². The van der Waals surface area contributed by atoms with E-state index in [1.807, 2.05) is 0 Å². The van der Waals surface area contributed by atoms with E-state index < -0.39 is 27.7 Å². The maximum Gasteiger partial charge on any atom is 0.269 e. The predicted molar refractivity (Wildman–Crippen MR) is 114 cm³/mol. The van der Waals surface area contributed by atoms with Crippen molar-refractivity contribution in [1.82, 2.24) is 10.9 Å². The summed E-state index contributed by atoms with van der Waals surface area (Å²) in [6, 6.07) is 17.7. The largest absolute Gasteiger partial charge is 0.279 e. The summed E-state index contributed by atoms with van der Waals surface area (Å²) in [5.41, 5.74) is 6.52. The van der Waals surface area contributed by atoms with Crippen LogP contribution in [0.2, 0.25) is 0 Å². The third-order valence-corrected chi connectivity index (χ3v) is 5.79. The van der Waals surface area contributed by atoms with E-state index in [0.29, 0.717) is 11.3 Å². The highest BCUT2D eigenvalue weighted by Gasteiger charge is 2.16. The van der Waals surface area contributed by atoms with Crippen molar-refractivity contribution >= 4 is 27.5 Å². The highest BCUT2D eigenvalue weighted by Crippen LogP contribution is 2.19. The first kappa shape index (κ1) is 22.0. The minimum atomic E-state index is -3.82. The first-order chi connectivity index (χ1) is 14.7. The van der Waals surface area contributed by atoms with Gasteiger partial charge in [-0.05, 0) is 60.5 Å². The van der Waals surface area contributed by atoms with E-state index in [9.17, 15) is 22.4 Å². The van der Waals surface area contributed by atoms with Crippen molar-refractivity contribution in [3.05, 3.63) is 95.3 Å². The molecule has 3 aromatic carbocycles. The molecule has 0 bridgehead atoms. The number of amides is 2. The molecule has 0 atom stereocenters. The summed E-state index contributed by atoms with van der Waals surface area (Å²) in [5.74, 6) is -1.50. The molecule has 0 fully saturated rings. The van der Waals surface area contributed by atoms with E-state index in [0.717, 1.165) is 5.56 Å². The van der Waals surface area contributed by atoms with Gasteiger partial charge in [0.1, 0.15) is 5.82 Å². The standard InChI is InChI=1S/C22H20FN3O4S/c1-15-4-2-3-5-20(15)26-31(29,30)19-12-8-17(9-13-19)22(28)25-24-21(27)14-16-6-10-18(23)11-7-16/h2-13,26H,14H2,1H3,(H,24,27)(H,25,28). The summed E-state index contributed by atoms with van der Waals surface area (Å²) in [6.07, 6.45) is -0.0394. The van der Waals surface area contributed by atoms with Gasteiger partial charge >= 0.3 is 0 Å². The van der Waals surface area contributed by atoms with Crippen LogP contribution in [0, 0.1) is 12.7 Å². The van der Waals surface area contributed by atoms with Crippen LogP contribution in [0.1, 0.15) is 21.5 Å². The second-order valence-corrected chi connectivity index (χ2v) is 8.43. The van der Waals surface area contributed by atoms with Gasteiger partial charge < -0.3 is 0 Å². The summed E-state index contributed by atoms with van der Waals surface area (Å²) in [4.78, 5) is 24.1. The lowest BCUT2D eigenvalue weighted by molar-refractivity contribution is -0.121. The molecule has 7 nitrogen and oxygen atoms in total. The number of nitrogens with one attached hydrogen (secondary N) is 3. The Balaban J connectivity index is 1.58. The first-order valence-corrected chi connectivity index (χ1v) is 10.7. The molecule has 0 aliphatic heterocycles. The Hall–Kier alpha value is -3.72. The average Bonchev–Trinajstić information content (AvgIpc) is 2.75. The second kappa shape index (κ2) is 9.40. The molecular weight excluding hydrogens is 421 g/mol. The predicted octanol–water partition coefficient (Wildman–Crippen LogP) is 2.94. The number of hydrogen-bond acceptors (Lipinski definition) is 4. The van der Waals surface area contributed by atoms with Crippen molar-refractivity contribution in [2.75, 3.05) is 4.72 Å². The summed E-state index contributed by atoms with van der Waals surface area (Å²) >= 11 is 0. The smallest absolute Gasteiger partial charge is 0.269 e. The Morgan fingerprint density at radius 1 is 0.871 bits per heavy atom. The molecule has 3 aromatic rings. The van der Waals surface area contributed by atoms with Crippen LogP contribution in [-0.2, 0) is 21.2 Å². The van der Waals surface area contributed by atoms with Gasteiger partial charge in [-0.1, -0.05) is 30.3 Å². The molecule has 0 saturated carbocycles. The fourth-order valence-corrected chi connectivity index (χ4v) is 3.84. The number of carbonyl (C=O) groups is 2. The topological polar surface area (TPSA) is 104 Å². The second-order valence-electron chi connectivity index (χ2n) is 6.75. The number of benzene rings is 3. The molecule has 31 heavy (non-hydrogen) atoms. The van der Waals surface area contributed by atoms with Gasteiger partial charge in [-0.3, -0.25) is 25.2 Å². The monoisotopic (exact) mass is 441 g/mol. The van der Waals surface area contributed by atoms with E-state index in [1.165, 1.54) is 48.5 Å². The van der Waals surface area contributed by atoms with E-state index in [2.05, 4.69) is 15.6 Å². The fraction of sp³-hybridized carbons (Fsp3) is 0.0909. The lowest BCUT2D eigenvalue weighted by atomic mass is 10.1. The Morgan fingerprint density at radius 3 is 2.16 bits per heavy atom. The number of aryl methyl sites for hydroxylation is 1. The van der Waals surface area contributed by atoms with E-state index in [4.69, 9.17) is 0 Å². The SMILES string of the molecule is Cc1ccccc1NS(=O)(=O)c1ccc(C(=O)NNC(=O)Cc2ccc(F)cc2)cc1. The summed E-state index contributed by atoms with van der Waals surface area (Å²) in [7, 11) is -3.82. The minimum Gasteiger partial charge on any atom is -0.279 e. The molecule has 2 amide bonds. The van der Waals surface area contributed by atoms with Crippen molar-refractivity contribution in [3.63, 3.8) is 0 Å². The number of rotatable bonds is 6. The minimum absolute atomic E-state index is 0.00681. The van der Waals surface area contributed by atoms with Crippen molar-refractivity contribution < 1.29 is 22.4 Å². The van der Waals surface area contributed by atoms with Crippen molar-refractivity contribution in [3.8, 4) is 0 Å². The maximum absolute atomic E-state index is 12.9. The van der Waals surface area contributed by atoms with Crippen molar-refractivity contribution in [2.45, 2.75) is 18.2 Å². The summed E-state index contributed by atoms with van der Waals surface area (Å²) in [5, 5.41) is 0. The number of hydrazine groups is 1. The van der Waals surface area contributed by atoms with Gasteiger partial charge in [0, 0.05) is 5.56 Å². The number of sulfonamides is 1. The Morgan fingerprint density at radius 2 is 1.52 bits per heavy atom. The highest BCUT2D eigenvalue weighted by molar-refractivity contribution is 7.92. The quantitative estimate of drug-likeness (QED) is 0.512. The van der Waals surface area contributed by atoms with Crippen LogP contribution in [-0.4, -0.2) is 20.2 Å². The zero-order chi connectivity index (χ0) is 22.4. The Kier molecular flexibility index (Phi) is 6.66. The summed E-state index contributed by atoms with van der Waals surface area (Å²) < 4.78 is 40.5. The molecule has 0 unspecified atom stereocenters. The Bertz CT molecular complexity index is 1190. The molecule has 3 N–H and O–H groups in total. The van der Waals surface area contributed by atoms with E-state index >= 15 is 0 Å². The van der Waals surface area contributed by atoms with Crippen LogP contribution in [0.3, 0.4) is 0 Å². The third-order valence-electron chi connectivity index (χ3n) is 4.41. The van der Waals surface area contributed by atoms with Gasteiger partial charge in [-0.25, -0.2) is 12.8 Å². The normalized spacial score (nSPS) is 10.9. The number of carbonyl (C=O) groups excluding carboxylic acids is 2. The third kappa shape index (κ3) is 5.89. The van der Waals surface area contributed by atoms with Gasteiger partial charge in [0.15, 0.2) is 0 Å². The van der Waals surface area contributed by atoms with Crippen LogP contribution < -0.4 is 15.6 Å².